The highest BCUT2D eigenvalue weighted by molar-refractivity contribution is 4.89. The van der Waals surface area contributed by atoms with Gasteiger partial charge in [-0.25, -0.2) is 0 Å². The van der Waals surface area contributed by atoms with Crippen molar-refractivity contribution in [3.63, 3.8) is 0 Å². The number of aliphatic hydroxyl groups is 1. The number of nitrogens with zero attached hydrogens (tertiary/aromatic N) is 1. The van der Waals surface area contributed by atoms with Gasteiger partial charge in [0.2, 0.25) is 0 Å². The Morgan fingerprint density at radius 2 is 2.31 bits per heavy atom. The van der Waals surface area contributed by atoms with Crippen LogP contribution in [0.2, 0.25) is 0 Å². The predicted molar refractivity (Wildman–Crippen MR) is 48.0 cm³/mol. The second-order valence-corrected chi connectivity index (χ2v) is 3.52. The maximum absolute atomic E-state index is 9.68. The van der Waals surface area contributed by atoms with Gasteiger partial charge in [0, 0.05) is 6.04 Å². The Labute approximate surface area is 78.5 Å². The van der Waals surface area contributed by atoms with Crippen LogP contribution in [0.4, 0.5) is 0 Å². The topological polar surface area (TPSA) is 65.3 Å². The molecule has 0 aromatic heterocycles. The molecule has 4 nitrogen and oxygen atoms in total. The lowest BCUT2D eigenvalue weighted by Gasteiger charge is -2.36. The van der Waals surface area contributed by atoms with Crippen LogP contribution in [0.15, 0.2) is 0 Å². The average molecular weight is 184 g/mol. The molecule has 1 fully saturated rings. The second-order valence-electron chi connectivity index (χ2n) is 3.52. The van der Waals surface area contributed by atoms with Crippen LogP contribution in [0.5, 0.6) is 0 Å². The van der Waals surface area contributed by atoms with Crippen LogP contribution >= 0.6 is 0 Å². The van der Waals surface area contributed by atoms with Gasteiger partial charge in [-0.05, 0) is 20.3 Å². The van der Waals surface area contributed by atoms with Gasteiger partial charge < -0.3 is 9.84 Å². The summed E-state index contributed by atoms with van der Waals surface area (Å²) in [5.74, 6) is 0. The third kappa shape index (κ3) is 2.66. The van der Waals surface area contributed by atoms with E-state index in [9.17, 15) is 5.11 Å². The summed E-state index contributed by atoms with van der Waals surface area (Å²) in [5.41, 5.74) is 0. The molecule has 0 aromatic rings. The maximum atomic E-state index is 9.68. The van der Waals surface area contributed by atoms with E-state index in [0.29, 0.717) is 0 Å². The number of hydrogen-bond acceptors (Lipinski definition) is 4. The van der Waals surface area contributed by atoms with E-state index in [-0.39, 0.29) is 24.8 Å². The molecule has 74 valence electrons. The fourth-order valence-corrected chi connectivity index (χ4v) is 1.71. The Morgan fingerprint density at radius 3 is 2.92 bits per heavy atom. The highest BCUT2D eigenvalue weighted by atomic mass is 16.5. The van der Waals surface area contributed by atoms with Crippen LogP contribution in [0.3, 0.4) is 0 Å². The van der Waals surface area contributed by atoms with E-state index < -0.39 is 6.10 Å². The lowest BCUT2D eigenvalue weighted by molar-refractivity contribution is -0.116. The van der Waals surface area contributed by atoms with Gasteiger partial charge in [0.1, 0.15) is 0 Å². The lowest BCUT2D eigenvalue weighted by atomic mass is 9.97. The standard InChI is InChI=1S/C9H16N2O2/c1-6-5-8(11-4-3-10)9(12)7(2)13-6/h6-9,11-12H,4-5H2,1-2H3/t6-,7+,8?,9?/m1/s1. The summed E-state index contributed by atoms with van der Waals surface area (Å²) in [6.45, 7) is 4.10. The second kappa shape index (κ2) is 4.56. The van der Waals surface area contributed by atoms with Crippen molar-refractivity contribution in [2.24, 2.45) is 0 Å². The minimum absolute atomic E-state index is 0.0154. The number of rotatable bonds is 2. The number of hydrogen-bond donors (Lipinski definition) is 2. The molecule has 0 aliphatic carbocycles. The molecule has 13 heavy (non-hydrogen) atoms. The molecule has 0 saturated carbocycles. The third-order valence-corrected chi connectivity index (χ3v) is 2.37. The lowest BCUT2D eigenvalue weighted by Crippen LogP contribution is -2.52. The molecule has 0 amide bonds. The van der Waals surface area contributed by atoms with Crippen molar-refractivity contribution in [2.45, 2.75) is 44.6 Å². The number of nitrogens with one attached hydrogen (secondary N) is 1. The zero-order chi connectivity index (χ0) is 9.84. The van der Waals surface area contributed by atoms with Crippen molar-refractivity contribution < 1.29 is 9.84 Å². The van der Waals surface area contributed by atoms with Gasteiger partial charge in [0.05, 0.1) is 30.9 Å². The first kappa shape index (κ1) is 10.5. The van der Waals surface area contributed by atoms with Crippen LogP contribution in [0.1, 0.15) is 20.3 Å². The first-order chi connectivity index (χ1) is 6.15. The zero-order valence-electron chi connectivity index (χ0n) is 8.03. The van der Waals surface area contributed by atoms with Crippen LogP contribution < -0.4 is 5.32 Å². The fourth-order valence-electron chi connectivity index (χ4n) is 1.71. The van der Waals surface area contributed by atoms with Crippen LogP contribution in [0.25, 0.3) is 0 Å². The van der Waals surface area contributed by atoms with Crippen molar-refractivity contribution in [3.05, 3.63) is 0 Å². The quantitative estimate of drug-likeness (QED) is 0.594. The molecule has 0 radical (unpaired) electrons. The van der Waals surface area contributed by atoms with Crippen molar-refractivity contribution in [1.29, 1.82) is 5.26 Å². The van der Waals surface area contributed by atoms with E-state index in [1.807, 2.05) is 19.9 Å². The Balaban J connectivity index is 2.46. The Kier molecular flexibility index (Phi) is 3.67. The van der Waals surface area contributed by atoms with Crippen molar-refractivity contribution in [2.75, 3.05) is 6.54 Å². The number of ether oxygens (including phenoxy) is 1. The molecule has 1 heterocycles. The van der Waals surface area contributed by atoms with Gasteiger partial charge >= 0.3 is 0 Å². The van der Waals surface area contributed by atoms with Crippen molar-refractivity contribution in [1.82, 2.24) is 5.32 Å². The highest BCUT2D eigenvalue weighted by Gasteiger charge is 2.32. The first-order valence-electron chi connectivity index (χ1n) is 4.59. The molecule has 2 unspecified atom stereocenters. The largest absolute Gasteiger partial charge is 0.389 e. The molecule has 1 rings (SSSR count). The number of aliphatic hydroxyl groups excluding tert-OH is 1. The fraction of sp³-hybridized carbons (Fsp3) is 0.889. The summed E-state index contributed by atoms with van der Waals surface area (Å²) in [6, 6.07) is 1.99. The first-order valence-corrected chi connectivity index (χ1v) is 4.59. The van der Waals surface area contributed by atoms with Crippen molar-refractivity contribution in [3.8, 4) is 6.07 Å². The normalized spacial score (nSPS) is 39.8. The molecule has 1 aliphatic heterocycles. The van der Waals surface area contributed by atoms with E-state index in [0.717, 1.165) is 6.42 Å². The van der Waals surface area contributed by atoms with Gasteiger partial charge in [-0.3, -0.25) is 5.32 Å². The average Bonchev–Trinajstić information content (AvgIpc) is 2.09. The summed E-state index contributed by atoms with van der Waals surface area (Å²) in [5, 5.41) is 21.1. The summed E-state index contributed by atoms with van der Waals surface area (Å²) >= 11 is 0. The van der Waals surface area contributed by atoms with Crippen molar-refractivity contribution >= 4 is 0 Å². The Hall–Kier alpha value is -0.630. The zero-order valence-corrected chi connectivity index (χ0v) is 8.03. The van der Waals surface area contributed by atoms with Crippen LogP contribution in [-0.4, -0.2) is 36.0 Å². The van der Waals surface area contributed by atoms with Gasteiger partial charge in [0.25, 0.3) is 0 Å². The predicted octanol–water partition coefficient (Wildman–Crippen LogP) is 0.0264. The van der Waals surface area contributed by atoms with Gasteiger partial charge in [-0.1, -0.05) is 0 Å². The van der Waals surface area contributed by atoms with Gasteiger partial charge in [-0.15, -0.1) is 0 Å². The Bertz CT molecular complexity index is 202. The van der Waals surface area contributed by atoms with Crippen LogP contribution in [-0.2, 0) is 4.74 Å². The van der Waals surface area contributed by atoms with E-state index in [4.69, 9.17) is 10.00 Å². The minimum Gasteiger partial charge on any atom is -0.389 e. The van der Waals surface area contributed by atoms with Gasteiger partial charge in [0.15, 0.2) is 0 Å². The third-order valence-electron chi connectivity index (χ3n) is 2.37. The number of nitriles is 1. The monoisotopic (exact) mass is 184 g/mol. The summed E-state index contributed by atoms with van der Waals surface area (Å²) in [6.07, 6.45) is 0.242. The molecule has 2 N–H and O–H groups in total. The van der Waals surface area contributed by atoms with Gasteiger partial charge in [-0.2, -0.15) is 5.26 Å². The smallest absolute Gasteiger partial charge is 0.0952 e. The molecule has 4 heteroatoms. The maximum Gasteiger partial charge on any atom is 0.0952 e. The van der Waals surface area contributed by atoms with E-state index in [2.05, 4.69) is 5.32 Å². The molecule has 1 saturated heterocycles. The highest BCUT2D eigenvalue weighted by Crippen LogP contribution is 2.19. The minimum atomic E-state index is -0.510. The SMILES string of the molecule is C[C@@H]1CC(NCC#N)C(O)[C@H](C)O1. The molecule has 4 atom stereocenters. The molecule has 0 aromatic carbocycles. The van der Waals surface area contributed by atoms with E-state index in [1.54, 1.807) is 0 Å². The summed E-state index contributed by atoms with van der Waals surface area (Å²) < 4.78 is 5.44. The Morgan fingerprint density at radius 1 is 1.62 bits per heavy atom. The van der Waals surface area contributed by atoms with E-state index in [1.165, 1.54) is 0 Å². The molecule has 0 spiro atoms. The summed E-state index contributed by atoms with van der Waals surface area (Å²) in [4.78, 5) is 0. The van der Waals surface area contributed by atoms with E-state index >= 15 is 0 Å². The molecule has 1 aliphatic rings. The van der Waals surface area contributed by atoms with Crippen LogP contribution in [0, 0.1) is 11.3 Å². The molecule has 0 bridgehead atoms. The summed E-state index contributed by atoms with van der Waals surface area (Å²) in [7, 11) is 0. The molecular weight excluding hydrogens is 168 g/mol. The molecular formula is C9H16N2O2.